The van der Waals surface area contributed by atoms with Crippen molar-refractivity contribution in [2.45, 2.75) is 18.9 Å². The third-order valence-electron chi connectivity index (χ3n) is 2.20. The first-order valence-electron chi connectivity index (χ1n) is 4.68. The number of nitrogens with one attached hydrogen (secondary N) is 1. The van der Waals surface area contributed by atoms with Crippen molar-refractivity contribution >= 4 is 5.97 Å². The first-order chi connectivity index (χ1) is 6.74. The molecule has 0 aliphatic heterocycles. The molecule has 2 N–H and O–H groups in total. The van der Waals surface area contributed by atoms with Crippen LogP contribution >= 0.6 is 0 Å². The minimum atomic E-state index is -0.749. The summed E-state index contributed by atoms with van der Waals surface area (Å²) in [6.07, 6.45) is 0.816. The molecule has 0 saturated carbocycles. The molecule has 0 radical (unpaired) electrons. The second-order valence-electron chi connectivity index (χ2n) is 3.18. The van der Waals surface area contributed by atoms with Gasteiger partial charge >= 0.3 is 5.97 Å². The van der Waals surface area contributed by atoms with E-state index in [-0.39, 0.29) is 12.5 Å². The van der Waals surface area contributed by atoms with Crippen LogP contribution in [0.3, 0.4) is 0 Å². The summed E-state index contributed by atoms with van der Waals surface area (Å²) in [6, 6.07) is 10.0. The van der Waals surface area contributed by atoms with E-state index in [9.17, 15) is 4.79 Å². The molecule has 0 aliphatic carbocycles. The summed E-state index contributed by atoms with van der Waals surface area (Å²) >= 11 is 0. The van der Waals surface area contributed by atoms with Crippen molar-refractivity contribution in [2.24, 2.45) is 0 Å². The first kappa shape index (κ1) is 10.7. The van der Waals surface area contributed by atoms with Gasteiger partial charge in [0.1, 0.15) is 0 Å². The fraction of sp³-hybridized carbons (Fsp3) is 0.364. The lowest BCUT2D eigenvalue weighted by molar-refractivity contribution is -0.137. The van der Waals surface area contributed by atoms with Gasteiger partial charge in [0.15, 0.2) is 0 Å². The Balaban J connectivity index is 2.58. The average Bonchev–Trinajstić information content (AvgIpc) is 2.20. The molecule has 0 spiro atoms. The third kappa shape index (κ3) is 3.18. The maximum Gasteiger partial charge on any atom is 0.303 e. The van der Waals surface area contributed by atoms with Gasteiger partial charge < -0.3 is 10.4 Å². The Morgan fingerprint density at radius 1 is 1.43 bits per heavy atom. The number of carbonyl (C=O) groups is 1. The molecule has 14 heavy (non-hydrogen) atoms. The summed E-state index contributed by atoms with van der Waals surface area (Å²) in [5.41, 5.74) is 1.14. The number of hydrogen-bond acceptors (Lipinski definition) is 2. The van der Waals surface area contributed by atoms with Gasteiger partial charge in [-0.15, -0.1) is 0 Å². The van der Waals surface area contributed by atoms with Crippen LogP contribution in [0.2, 0.25) is 0 Å². The van der Waals surface area contributed by atoms with E-state index in [1.165, 1.54) is 0 Å². The molecule has 3 heteroatoms. The van der Waals surface area contributed by atoms with Crippen molar-refractivity contribution in [3.63, 3.8) is 0 Å². The molecular weight excluding hydrogens is 178 g/mol. The Morgan fingerprint density at radius 2 is 2.07 bits per heavy atom. The standard InChI is InChI=1S/C11H15NO2/c1-12-10(7-8-11(13)14)9-5-3-2-4-6-9/h2-6,10,12H,7-8H2,1H3,(H,13,14). The van der Waals surface area contributed by atoms with Crippen LogP contribution in [0.1, 0.15) is 24.4 Å². The van der Waals surface area contributed by atoms with Gasteiger partial charge in [-0.1, -0.05) is 30.3 Å². The molecule has 0 heterocycles. The average molecular weight is 193 g/mol. The molecule has 1 atom stereocenters. The van der Waals surface area contributed by atoms with E-state index in [1.807, 2.05) is 37.4 Å². The fourth-order valence-electron chi connectivity index (χ4n) is 1.43. The van der Waals surface area contributed by atoms with Gasteiger partial charge in [0, 0.05) is 12.5 Å². The van der Waals surface area contributed by atoms with Gasteiger partial charge in [0.05, 0.1) is 0 Å². The number of carboxylic acid groups (broad SMARTS) is 1. The van der Waals surface area contributed by atoms with Crippen molar-refractivity contribution in [2.75, 3.05) is 7.05 Å². The molecule has 0 saturated heterocycles. The van der Waals surface area contributed by atoms with Crippen LogP contribution in [-0.2, 0) is 4.79 Å². The normalized spacial score (nSPS) is 12.4. The summed E-state index contributed by atoms with van der Waals surface area (Å²) in [7, 11) is 1.85. The van der Waals surface area contributed by atoms with Crippen LogP contribution in [0.4, 0.5) is 0 Å². The number of hydrogen-bond donors (Lipinski definition) is 2. The highest BCUT2D eigenvalue weighted by Crippen LogP contribution is 2.17. The molecular formula is C11H15NO2. The van der Waals surface area contributed by atoms with Gasteiger partial charge in [-0.3, -0.25) is 4.79 Å². The summed E-state index contributed by atoms with van der Waals surface area (Å²) in [4.78, 5) is 10.4. The van der Waals surface area contributed by atoms with E-state index in [1.54, 1.807) is 0 Å². The minimum absolute atomic E-state index is 0.132. The van der Waals surface area contributed by atoms with Crippen LogP contribution < -0.4 is 5.32 Å². The lowest BCUT2D eigenvalue weighted by atomic mass is 10.0. The monoisotopic (exact) mass is 193 g/mol. The van der Waals surface area contributed by atoms with Gasteiger partial charge in [-0.25, -0.2) is 0 Å². The van der Waals surface area contributed by atoms with E-state index in [2.05, 4.69) is 5.32 Å². The van der Waals surface area contributed by atoms with Crippen LogP contribution in [0.5, 0.6) is 0 Å². The molecule has 0 bridgehead atoms. The summed E-state index contributed by atoms with van der Waals surface area (Å²) in [6.45, 7) is 0. The topological polar surface area (TPSA) is 49.3 Å². The predicted molar refractivity (Wildman–Crippen MR) is 55.1 cm³/mol. The number of carboxylic acids is 1. The van der Waals surface area contributed by atoms with E-state index in [0.717, 1.165) is 5.56 Å². The van der Waals surface area contributed by atoms with E-state index >= 15 is 0 Å². The van der Waals surface area contributed by atoms with Crippen LogP contribution in [0, 0.1) is 0 Å². The molecule has 0 aliphatic rings. The SMILES string of the molecule is CNC(CCC(=O)O)c1ccccc1. The largest absolute Gasteiger partial charge is 0.481 e. The Bertz CT molecular complexity index is 285. The molecule has 76 valence electrons. The Morgan fingerprint density at radius 3 is 2.57 bits per heavy atom. The zero-order valence-electron chi connectivity index (χ0n) is 8.23. The van der Waals surface area contributed by atoms with Crippen LogP contribution in [0.25, 0.3) is 0 Å². The highest BCUT2D eigenvalue weighted by molar-refractivity contribution is 5.66. The van der Waals surface area contributed by atoms with Gasteiger partial charge in [0.2, 0.25) is 0 Å². The lowest BCUT2D eigenvalue weighted by Crippen LogP contribution is -2.17. The molecule has 1 aromatic carbocycles. The third-order valence-corrected chi connectivity index (χ3v) is 2.20. The highest BCUT2D eigenvalue weighted by Gasteiger charge is 2.09. The molecule has 3 nitrogen and oxygen atoms in total. The molecule has 1 aromatic rings. The maximum absolute atomic E-state index is 10.4. The van der Waals surface area contributed by atoms with Crippen molar-refractivity contribution in [1.29, 1.82) is 0 Å². The Kier molecular flexibility index (Phi) is 4.13. The number of benzene rings is 1. The summed E-state index contributed by atoms with van der Waals surface area (Å²) < 4.78 is 0. The lowest BCUT2D eigenvalue weighted by Gasteiger charge is -2.15. The second kappa shape index (κ2) is 5.40. The van der Waals surface area contributed by atoms with E-state index in [0.29, 0.717) is 6.42 Å². The molecule has 1 rings (SSSR count). The smallest absolute Gasteiger partial charge is 0.303 e. The summed E-state index contributed by atoms with van der Waals surface area (Å²) in [5, 5.41) is 11.7. The van der Waals surface area contributed by atoms with Crippen LogP contribution in [-0.4, -0.2) is 18.1 Å². The number of rotatable bonds is 5. The number of aliphatic carboxylic acids is 1. The fourth-order valence-corrected chi connectivity index (χ4v) is 1.43. The second-order valence-corrected chi connectivity index (χ2v) is 3.18. The van der Waals surface area contributed by atoms with Gasteiger partial charge in [-0.2, -0.15) is 0 Å². The van der Waals surface area contributed by atoms with Crippen molar-refractivity contribution in [3.05, 3.63) is 35.9 Å². The van der Waals surface area contributed by atoms with Gasteiger partial charge in [0.25, 0.3) is 0 Å². The maximum atomic E-state index is 10.4. The van der Waals surface area contributed by atoms with E-state index in [4.69, 9.17) is 5.11 Å². The van der Waals surface area contributed by atoms with Gasteiger partial charge in [-0.05, 0) is 19.0 Å². The van der Waals surface area contributed by atoms with E-state index < -0.39 is 5.97 Å². The summed E-state index contributed by atoms with van der Waals surface area (Å²) in [5.74, 6) is -0.749. The zero-order valence-corrected chi connectivity index (χ0v) is 8.23. The molecule has 0 fully saturated rings. The van der Waals surface area contributed by atoms with Crippen molar-refractivity contribution in [3.8, 4) is 0 Å². The Hall–Kier alpha value is -1.35. The van der Waals surface area contributed by atoms with Crippen LogP contribution in [0.15, 0.2) is 30.3 Å². The highest BCUT2D eigenvalue weighted by atomic mass is 16.4. The minimum Gasteiger partial charge on any atom is -0.481 e. The quantitative estimate of drug-likeness (QED) is 0.749. The van der Waals surface area contributed by atoms with Crippen molar-refractivity contribution in [1.82, 2.24) is 5.32 Å². The Labute approximate surface area is 83.8 Å². The molecule has 0 aromatic heterocycles. The molecule has 1 unspecified atom stereocenters. The molecule has 0 amide bonds. The predicted octanol–water partition coefficient (Wildman–Crippen LogP) is 1.81. The first-order valence-corrected chi connectivity index (χ1v) is 4.68. The van der Waals surface area contributed by atoms with Crippen molar-refractivity contribution < 1.29 is 9.90 Å². The zero-order chi connectivity index (χ0) is 10.4.